The summed E-state index contributed by atoms with van der Waals surface area (Å²) in [6.45, 7) is 2.63. The molecule has 0 saturated carbocycles. The average Bonchev–Trinajstić information content (AvgIpc) is 3.19. The molecule has 0 aliphatic rings. The number of carbonyl (C=O) groups excluding carboxylic acids is 1. The average molecular weight is 512 g/mol. The summed E-state index contributed by atoms with van der Waals surface area (Å²) in [5.74, 6) is 1.03. The summed E-state index contributed by atoms with van der Waals surface area (Å²) in [6.07, 6.45) is 1.34. The van der Waals surface area contributed by atoms with Crippen molar-refractivity contribution in [3.63, 3.8) is 0 Å². The lowest BCUT2D eigenvalue weighted by atomic mass is 10.2. The number of thiazole rings is 1. The van der Waals surface area contributed by atoms with Crippen LogP contribution in [0.1, 0.15) is 24.0 Å². The van der Waals surface area contributed by atoms with Crippen LogP contribution in [0.5, 0.6) is 0 Å². The van der Waals surface area contributed by atoms with Crippen LogP contribution in [0.3, 0.4) is 0 Å². The van der Waals surface area contributed by atoms with Gasteiger partial charge in [-0.05, 0) is 55.0 Å². The van der Waals surface area contributed by atoms with Crippen LogP contribution >= 0.6 is 39.0 Å². The number of nitrogens with zero attached hydrogens (tertiary/aromatic N) is 2. The quantitative estimate of drug-likeness (QED) is 0.182. The lowest BCUT2D eigenvalue weighted by molar-refractivity contribution is -0.118. The Morgan fingerprint density at radius 2 is 1.84 bits per heavy atom. The highest BCUT2D eigenvalue weighted by Gasteiger charge is 2.20. The van der Waals surface area contributed by atoms with E-state index in [1.165, 1.54) is 10.5 Å². The van der Waals surface area contributed by atoms with E-state index >= 15 is 0 Å². The van der Waals surface area contributed by atoms with Gasteiger partial charge in [0.2, 0.25) is 5.91 Å². The third kappa shape index (κ3) is 5.97. The van der Waals surface area contributed by atoms with Gasteiger partial charge in [0.05, 0.1) is 16.8 Å². The molecule has 0 N–H and O–H groups in total. The monoisotopic (exact) mass is 510 g/mol. The normalized spacial score (nSPS) is 11.0. The summed E-state index contributed by atoms with van der Waals surface area (Å²) in [5, 5.41) is 0.758. The SMILES string of the molecule is Cc1ccc(SCCCC(=O)N(Cc2ccccc2)c2nc3ccc(Br)cc3s2)cc1. The van der Waals surface area contributed by atoms with E-state index < -0.39 is 0 Å². The maximum absolute atomic E-state index is 13.2. The molecule has 1 amide bonds. The van der Waals surface area contributed by atoms with Crippen LogP contribution in [0.25, 0.3) is 10.2 Å². The highest BCUT2D eigenvalue weighted by atomic mass is 79.9. The molecule has 3 aromatic carbocycles. The van der Waals surface area contributed by atoms with E-state index in [1.54, 1.807) is 23.1 Å². The van der Waals surface area contributed by atoms with Crippen LogP contribution in [0.15, 0.2) is 82.2 Å². The molecule has 0 fully saturated rings. The number of amides is 1. The fourth-order valence-corrected chi connectivity index (χ4v) is 5.60. The summed E-state index contributed by atoms with van der Waals surface area (Å²) in [7, 11) is 0. The van der Waals surface area contributed by atoms with Crippen LogP contribution in [0.4, 0.5) is 5.13 Å². The number of carbonyl (C=O) groups is 1. The van der Waals surface area contributed by atoms with E-state index in [1.807, 2.05) is 35.2 Å². The molecule has 0 saturated heterocycles. The number of thioether (sulfide) groups is 1. The molecule has 4 aromatic rings. The van der Waals surface area contributed by atoms with Gasteiger partial charge in [-0.3, -0.25) is 9.69 Å². The van der Waals surface area contributed by atoms with Gasteiger partial charge in [-0.2, -0.15) is 0 Å². The van der Waals surface area contributed by atoms with E-state index in [0.29, 0.717) is 13.0 Å². The number of halogens is 1. The number of aromatic nitrogens is 1. The number of hydrogen-bond donors (Lipinski definition) is 0. The molecular weight excluding hydrogens is 488 g/mol. The zero-order chi connectivity index (χ0) is 21.6. The summed E-state index contributed by atoms with van der Waals surface area (Å²) in [5.41, 5.74) is 3.29. The smallest absolute Gasteiger partial charge is 0.229 e. The fourth-order valence-electron chi connectivity index (χ4n) is 3.21. The largest absolute Gasteiger partial charge is 0.284 e. The van der Waals surface area contributed by atoms with Gasteiger partial charge in [-0.25, -0.2) is 4.98 Å². The number of benzene rings is 3. The third-order valence-electron chi connectivity index (χ3n) is 4.88. The summed E-state index contributed by atoms with van der Waals surface area (Å²) < 4.78 is 2.09. The van der Waals surface area contributed by atoms with Crippen molar-refractivity contribution >= 4 is 60.3 Å². The molecule has 6 heteroatoms. The Bertz CT molecular complexity index is 1160. The predicted octanol–water partition coefficient (Wildman–Crippen LogP) is 7.47. The van der Waals surface area contributed by atoms with Crippen LogP contribution < -0.4 is 4.90 Å². The Labute approximate surface area is 199 Å². The van der Waals surface area contributed by atoms with Gasteiger partial charge < -0.3 is 0 Å². The summed E-state index contributed by atoms with van der Waals surface area (Å²) in [4.78, 5) is 21.1. The van der Waals surface area contributed by atoms with Crippen molar-refractivity contribution < 1.29 is 4.79 Å². The van der Waals surface area contributed by atoms with Gasteiger partial charge in [-0.1, -0.05) is 75.3 Å². The molecular formula is C25H23BrN2OS2. The van der Waals surface area contributed by atoms with Gasteiger partial charge in [0.1, 0.15) is 0 Å². The molecule has 1 heterocycles. The first kappa shape index (κ1) is 22.1. The van der Waals surface area contributed by atoms with Crippen molar-refractivity contribution in [2.75, 3.05) is 10.7 Å². The third-order valence-corrected chi connectivity index (χ3v) is 7.51. The Hall–Kier alpha value is -2.15. The van der Waals surface area contributed by atoms with E-state index in [0.717, 1.165) is 37.6 Å². The van der Waals surface area contributed by atoms with E-state index in [2.05, 4.69) is 65.3 Å². The second kappa shape index (κ2) is 10.4. The molecule has 0 radical (unpaired) electrons. The van der Waals surface area contributed by atoms with Crippen molar-refractivity contribution in [1.82, 2.24) is 4.98 Å². The molecule has 31 heavy (non-hydrogen) atoms. The molecule has 158 valence electrons. The minimum absolute atomic E-state index is 0.117. The zero-order valence-electron chi connectivity index (χ0n) is 17.3. The van der Waals surface area contributed by atoms with E-state index in [9.17, 15) is 4.79 Å². The highest BCUT2D eigenvalue weighted by molar-refractivity contribution is 9.10. The zero-order valence-corrected chi connectivity index (χ0v) is 20.5. The van der Waals surface area contributed by atoms with Gasteiger partial charge in [-0.15, -0.1) is 11.8 Å². The molecule has 3 nitrogen and oxygen atoms in total. The van der Waals surface area contributed by atoms with Gasteiger partial charge >= 0.3 is 0 Å². The van der Waals surface area contributed by atoms with Gasteiger partial charge in [0.15, 0.2) is 5.13 Å². The van der Waals surface area contributed by atoms with Crippen molar-refractivity contribution in [3.8, 4) is 0 Å². The molecule has 0 bridgehead atoms. The number of aryl methyl sites for hydroxylation is 1. The first-order chi connectivity index (χ1) is 15.1. The van der Waals surface area contributed by atoms with Crippen molar-refractivity contribution in [1.29, 1.82) is 0 Å². The van der Waals surface area contributed by atoms with Crippen molar-refractivity contribution in [2.45, 2.75) is 31.2 Å². The van der Waals surface area contributed by atoms with Crippen molar-refractivity contribution in [2.24, 2.45) is 0 Å². The molecule has 0 aliphatic carbocycles. The van der Waals surface area contributed by atoms with Gasteiger partial charge in [0, 0.05) is 15.8 Å². The minimum atomic E-state index is 0.117. The summed E-state index contributed by atoms with van der Waals surface area (Å²) >= 11 is 6.89. The lowest BCUT2D eigenvalue weighted by Crippen LogP contribution is -2.30. The first-order valence-electron chi connectivity index (χ1n) is 10.2. The van der Waals surface area contributed by atoms with Crippen LogP contribution in [-0.2, 0) is 11.3 Å². The fraction of sp³-hybridized carbons (Fsp3) is 0.200. The maximum atomic E-state index is 13.2. The van der Waals surface area contributed by atoms with Crippen LogP contribution in [0.2, 0.25) is 0 Å². The Morgan fingerprint density at radius 1 is 1.06 bits per heavy atom. The summed E-state index contributed by atoms with van der Waals surface area (Å²) in [6, 6.07) is 24.7. The van der Waals surface area contributed by atoms with E-state index in [-0.39, 0.29) is 5.91 Å². The first-order valence-corrected chi connectivity index (χ1v) is 12.8. The van der Waals surface area contributed by atoms with Crippen LogP contribution in [-0.4, -0.2) is 16.6 Å². The number of rotatable bonds is 8. The van der Waals surface area contributed by atoms with Gasteiger partial charge in [0.25, 0.3) is 0 Å². The predicted molar refractivity (Wildman–Crippen MR) is 136 cm³/mol. The second-order valence-electron chi connectivity index (χ2n) is 7.34. The topological polar surface area (TPSA) is 33.2 Å². The Kier molecular flexibility index (Phi) is 7.43. The Balaban J connectivity index is 1.46. The van der Waals surface area contributed by atoms with E-state index in [4.69, 9.17) is 4.98 Å². The Morgan fingerprint density at radius 3 is 2.61 bits per heavy atom. The van der Waals surface area contributed by atoms with Crippen molar-refractivity contribution in [3.05, 3.63) is 88.4 Å². The highest BCUT2D eigenvalue weighted by Crippen LogP contribution is 2.32. The molecule has 0 atom stereocenters. The minimum Gasteiger partial charge on any atom is -0.284 e. The standard InChI is InChI=1S/C25H23BrN2OS2/c1-18-9-12-21(13-10-18)30-15-5-8-24(29)28(17-19-6-3-2-4-7-19)25-27-22-14-11-20(26)16-23(22)31-25/h2-4,6-7,9-14,16H,5,8,15,17H2,1H3. The second-order valence-corrected chi connectivity index (χ2v) is 10.4. The number of anilines is 1. The molecule has 0 spiro atoms. The molecule has 1 aromatic heterocycles. The number of fused-ring (bicyclic) bond motifs is 1. The molecule has 0 aliphatic heterocycles. The van der Waals surface area contributed by atoms with Crippen LogP contribution in [0, 0.1) is 6.92 Å². The maximum Gasteiger partial charge on any atom is 0.229 e. The lowest BCUT2D eigenvalue weighted by Gasteiger charge is -2.20. The molecule has 4 rings (SSSR count). The molecule has 0 unspecified atom stereocenters. The number of hydrogen-bond acceptors (Lipinski definition) is 4.